The van der Waals surface area contributed by atoms with E-state index in [0.717, 1.165) is 16.0 Å². The van der Waals surface area contributed by atoms with Crippen molar-refractivity contribution in [3.05, 3.63) is 65.8 Å². The molecule has 0 saturated carbocycles. The van der Waals surface area contributed by atoms with Crippen LogP contribution in [0.25, 0.3) is 26.9 Å². The lowest BCUT2D eigenvalue weighted by molar-refractivity contribution is -0.132. The Balaban J connectivity index is 1.49. The van der Waals surface area contributed by atoms with E-state index in [9.17, 15) is 18.4 Å². The van der Waals surface area contributed by atoms with Crippen molar-refractivity contribution in [3.8, 4) is 17.0 Å². The smallest absolute Gasteiger partial charge is 0.306 e. The number of aromatic nitrogens is 2. The summed E-state index contributed by atoms with van der Waals surface area (Å²) in [6.07, 6.45) is 0.893. The number of nitrogens with zero attached hydrogens (tertiary/aromatic N) is 4. The van der Waals surface area contributed by atoms with Crippen molar-refractivity contribution in [2.45, 2.75) is 31.4 Å². The Morgan fingerprint density at radius 2 is 1.94 bits per heavy atom. The quantitative estimate of drug-likeness (QED) is 0.249. The van der Waals surface area contributed by atoms with Gasteiger partial charge in [0, 0.05) is 54.9 Å². The van der Waals surface area contributed by atoms with Crippen LogP contribution < -0.4 is 4.74 Å². The fourth-order valence-electron chi connectivity index (χ4n) is 4.10. The molecule has 36 heavy (non-hydrogen) atoms. The molecule has 1 aliphatic heterocycles. The number of hydrogen-bond acceptors (Lipinski definition) is 6. The second-order valence-corrected chi connectivity index (χ2v) is 8.43. The first kappa shape index (κ1) is 25.1. The molecule has 0 spiro atoms. The van der Waals surface area contributed by atoms with Crippen LogP contribution in [0, 0.1) is 6.57 Å². The molecule has 1 aliphatic rings. The van der Waals surface area contributed by atoms with E-state index < -0.39 is 31.0 Å². The summed E-state index contributed by atoms with van der Waals surface area (Å²) < 4.78 is 37.8. The number of Topliss-reactive ketones (excluding diaryl/α,β-unsaturated/α-hetero) is 1. The first-order valence-corrected chi connectivity index (χ1v) is 11.4. The summed E-state index contributed by atoms with van der Waals surface area (Å²) in [6, 6.07) is 10.7. The minimum atomic E-state index is -3.09. The molecule has 0 aliphatic carbocycles. The molecule has 0 radical (unpaired) electrons. The van der Waals surface area contributed by atoms with E-state index in [2.05, 4.69) is 14.8 Å². The molecule has 2 aromatic heterocycles. The van der Waals surface area contributed by atoms with Crippen LogP contribution in [0.4, 0.5) is 8.78 Å². The lowest BCUT2D eigenvalue weighted by atomic mass is 9.98. The topological polar surface area (TPSA) is 86.0 Å². The average molecular weight is 494 g/mol. The van der Waals surface area contributed by atoms with Crippen LogP contribution in [0.5, 0.6) is 5.88 Å². The number of amides is 1. The maximum absolute atomic E-state index is 13.7. The van der Waals surface area contributed by atoms with Crippen LogP contribution in [0.3, 0.4) is 0 Å². The summed E-state index contributed by atoms with van der Waals surface area (Å²) in [6.45, 7) is 7.14. The summed E-state index contributed by atoms with van der Waals surface area (Å²) in [5, 5.41) is 0.611. The molecular weight excluding hydrogens is 470 g/mol. The number of ether oxygens (including phenoxy) is 2. The number of carbonyl (C=O) groups excluding carboxylic acids is 2. The zero-order valence-corrected chi connectivity index (χ0v) is 19.6. The Labute approximate surface area is 206 Å². The molecule has 3 heterocycles. The third-order valence-corrected chi connectivity index (χ3v) is 5.93. The lowest BCUT2D eigenvalue weighted by Gasteiger charge is -2.16. The summed E-state index contributed by atoms with van der Waals surface area (Å²) in [5.41, 5.74) is 2.62. The highest BCUT2D eigenvalue weighted by Gasteiger charge is 2.50. The van der Waals surface area contributed by atoms with Crippen molar-refractivity contribution < 1.29 is 27.8 Å². The summed E-state index contributed by atoms with van der Waals surface area (Å²) in [5.74, 6) is -3.55. The van der Waals surface area contributed by atoms with E-state index >= 15 is 0 Å². The molecule has 0 bridgehead atoms. The monoisotopic (exact) mass is 494 g/mol. The molecule has 1 aromatic carbocycles. The van der Waals surface area contributed by atoms with Crippen molar-refractivity contribution in [2.24, 2.45) is 0 Å². The summed E-state index contributed by atoms with van der Waals surface area (Å²) >= 11 is 0. The number of carbonyl (C=O) groups is 2. The zero-order chi connectivity index (χ0) is 25.7. The molecule has 186 valence electrons. The van der Waals surface area contributed by atoms with Crippen molar-refractivity contribution >= 4 is 22.6 Å². The number of pyridine rings is 2. The molecule has 0 N–H and O–H groups in total. The van der Waals surface area contributed by atoms with Gasteiger partial charge in [0.15, 0.2) is 5.78 Å². The fraction of sp³-hybridized carbons (Fsp3) is 0.346. The highest BCUT2D eigenvalue weighted by Crippen LogP contribution is 2.33. The minimum absolute atomic E-state index is 0.163. The van der Waals surface area contributed by atoms with Crippen molar-refractivity contribution in [3.63, 3.8) is 0 Å². The molecule has 1 fully saturated rings. The number of benzene rings is 1. The molecule has 10 heteroatoms. The van der Waals surface area contributed by atoms with Crippen LogP contribution in [0.15, 0.2) is 48.8 Å². The summed E-state index contributed by atoms with van der Waals surface area (Å²) in [4.78, 5) is 38.2. The molecule has 1 atom stereocenters. The predicted molar refractivity (Wildman–Crippen MR) is 128 cm³/mol. The van der Waals surface area contributed by atoms with Crippen molar-refractivity contribution in [1.82, 2.24) is 14.9 Å². The number of likely N-dealkylation sites (tertiary alicyclic amines) is 1. The second-order valence-electron chi connectivity index (χ2n) is 8.43. The van der Waals surface area contributed by atoms with Gasteiger partial charge >= 0.3 is 6.17 Å². The van der Waals surface area contributed by atoms with Gasteiger partial charge in [-0.3, -0.25) is 24.3 Å². The van der Waals surface area contributed by atoms with E-state index in [-0.39, 0.29) is 18.6 Å². The normalized spacial score (nSPS) is 16.6. The Hall–Kier alpha value is -3.97. The van der Waals surface area contributed by atoms with E-state index in [0.29, 0.717) is 35.6 Å². The number of hydrogen-bond donors (Lipinski definition) is 0. The van der Waals surface area contributed by atoms with E-state index in [1.54, 1.807) is 31.5 Å². The maximum Gasteiger partial charge on any atom is 0.306 e. The van der Waals surface area contributed by atoms with Gasteiger partial charge < -0.3 is 9.47 Å². The third kappa shape index (κ3) is 5.63. The van der Waals surface area contributed by atoms with Crippen LogP contribution in [-0.4, -0.2) is 65.5 Å². The predicted octanol–water partition coefficient (Wildman–Crippen LogP) is 4.40. The summed E-state index contributed by atoms with van der Waals surface area (Å²) in [7, 11) is 1.59. The molecule has 8 nitrogen and oxygen atoms in total. The molecule has 0 unspecified atom stereocenters. The molecule has 4 rings (SSSR count). The number of rotatable bonds is 9. The first-order chi connectivity index (χ1) is 17.3. The molecule has 3 aromatic rings. The number of ketones is 1. The van der Waals surface area contributed by atoms with Gasteiger partial charge in [-0.05, 0) is 29.8 Å². The van der Waals surface area contributed by atoms with Gasteiger partial charge in [-0.2, -0.15) is 0 Å². The van der Waals surface area contributed by atoms with Gasteiger partial charge in [0.1, 0.15) is 13.0 Å². The largest absolute Gasteiger partial charge is 0.475 e. The molecular formula is C26H24F2N4O4. The third-order valence-electron chi connectivity index (χ3n) is 5.93. The first-order valence-electron chi connectivity index (χ1n) is 11.4. The highest BCUT2D eigenvalue weighted by atomic mass is 19.3. The fourth-order valence-corrected chi connectivity index (χ4v) is 4.10. The zero-order valence-electron chi connectivity index (χ0n) is 19.6. The van der Waals surface area contributed by atoms with E-state index in [4.69, 9.17) is 16.0 Å². The maximum atomic E-state index is 13.7. The molecule has 1 amide bonds. The van der Waals surface area contributed by atoms with Crippen LogP contribution >= 0.6 is 0 Å². The van der Waals surface area contributed by atoms with Gasteiger partial charge in [-0.25, -0.2) is 20.3 Å². The van der Waals surface area contributed by atoms with Gasteiger partial charge in [-0.1, -0.05) is 6.07 Å². The highest BCUT2D eigenvalue weighted by molar-refractivity contribution is 6.08. The molecule has 1 saturated heterocycles. The Morgan fingerprint density at radius 1 is 1.14 bits per heavy atom. The number of fused-ring (bicyclic) bond motifs is 1. The van der Waals surface area contributed by atoms with Crippen molar-refractivity contribution in [2.75, 3.05) is 26.9 Å². The van der Waals surface area contributed by atoms with Crippen LogP contribution in [-0.2, 0) is 9.53 Å². The Bertz CT molecular complexity index is 1310. The van der Waals surface area contributed by atoms with E-state index in [1.807, 2.05) is 18.2 Å². The van der Waals surface area contributed by atoms with Gasteiger partial charge in [0.2, 0.25) is 11.8 Å². The number of halogens is 2. The Kier molecular flexibility index (Phi) is 7.50. The van der Waals surface area contributed by atoms with Crippen LogP contribution in [0.1, 0.15) is 29.6 Å². The number of alkyl halides is 2. The van der Waals surface area contributed by atoms with Crippen LogP contribution in [0.2, 0.25) is 0 Å². The van der Waals surface area contributed by atoms with E-state index in [1.165, 1.54) is 6.20 Å². The lowest BCUT2D eigenvalue weighted by Crippen LogP contribution is -2.35. The standard InChI is InChI=1S/C26H24F2N4O4/c1-29-23-14-26(27,28)16-32(23)25(34)8-6-22(33)19-9-10-30-21-5-3-17(13-20(19)21)18-4-7-24(31-15-18)36-12-11-35-2/h3-5,7,9-10,13,15,23H,6,8,11-12,14,16H2,2H3/t23-/m0/s1. The SMILES string of the molecule is [C-]#[N+][C@@H]1CC(F)(F)CN1C(=O)CCC(=O)c1ccnc2ccc(-c3ccc(OCCOC)nc3)cc12. The van der Waals surface area contributed by atoms with Gasteiger partial charge in [-0.15, -0.1) is 0 Å². The Morgan fingerprint density at radius 3 is 2.67 bits per heavy atom. The minimum Gasteiger partial charge on any atom is -0.475 e. The van der Waals surface area contributed by atoms with Gasteiger partial charge in [0.25, 0.3) is 5.92 Å². The van der Waals surface area contributed by atoms with Crippen molar-refractivity contribution in [1.29, 1.82) is 0 Å². The second kappa shape index (κ2) is 10.7. The number of methoxy groups -OCH3 is 1. The van der Waals surface area contributed by atoms with Gasteiger partial charge in [0.05, 0.1) is 18.7 Å². The average Bonchev–Trinajstić information content (AvgIpc) is 3.21.